The molecule has 0 bridgehead atoms. The number of rotatable bonds is 14. The van der Waals surface area contributed by atoms with Crippen molar-refractivity contribution in [1.29, 1.82) is 0 Å². The van der Waals surface area contributed by atoms with E-state index in [-0.39, 0.29) is 23.1 Å². The number of carbonyl (C=O) groups excluding carboxylic acids is 2. The maximum absolute atomic E-state index is 13.7. The molecule has 1 aromatic heterocycles. The zero-order chi connectivity index (χ0) is 32.6. The third kappa shape index (κ3) is 7.22. The van der Waals surface area contributed by atoms with Crippen molar-refractivity contribution >= 4 is 57.3 Å². The summed E-state index contributed by atoms with van der Waals surface area (Å²) in [6, 6.07) is 18.3. The third-order valence-corrected chi connectivity index (χ3v) is 9.37. The van der Waals surface area contributed by atoms with E-state index in [1.165, 1.54) is 28.0 Å². The van der Waals surface area contributed by atoms with Gasteiger partial charge in [-0.15, -0.1) is 10.2 Å². The van der Waals surface area contributed by atoms with Gasteiger partial charge in [0, 0.05) is 16.3 Å². The lowest BCUT2D eigenvalue weighted by molar-refractivity contribution is -0.132. The van der Waals surface area contributed by atoms with Crippen LogP contribution in [0.3, 0.4) is 0 Å². The number of aliphatic hydroxyl groups excluding tert-OH is 1. The fourth-order valence-electron chi connectivity index (χ4n) is 4.77. The Morgan fingerprint density at radius 3 is 2.54 bits per heavy atom. The molecule has 1 amide bonds. The summed E-state index contributed by atoms with van der Waals surface area (Å²) in [5.41, 5.74) is 1.71. The van der Waals surface area contributed by atoms with Crippen molar-refractivity contribution in [3.8, 4) is 17.2 Å². The number of halogens is 1. The summed E-state index contributed by atoms with van der Waals surface area (Å²) < 4.78 is 17.9. The molecule has 1 saturated heterocycles. The Labute approximate surface area is 280 Å². The van der Waals surface area contributed by atoms with E-state index < -0.39 is 17.7 Å². The number of anilines is 1. The molecule has 0 saturated carbocycles. The van der Waals surface area contributed by atoms with Gasteiger partial charge in [0.2, 0.25) is 5.13 Å². The molecule has 0 spiro atoms. The van der Waals surface area contributed by atoms with E-state index in [2.05, 4.69) is 16.8 Å². The molecule has 0 radical (unpaired) electrons. The van der Waals surface area contributed by atoms with E-state index in [9.17, 15) is 14.7 Å². The van der Waals surface area contributed by atoms with E-state index in [0.717, 1.165) is 12.0 Å². The zero-order valence-electron chi connectivity index (χ0n) is 25.3. The van der Waals surface area contributed by atoms with Crippen molar-refractivity contribution in [2.75, 3.05) is 24.7 Å². The normalized spacial score (nSPS) is 15.6. The highest BCUT2D eigenvalue weighted by atomic mass is 35.5. The Bertz CT molecular complexity index is 1760. The van der Waals surface area contributed by atoms with Crippen LogP contribution in [0.2, 0.25) is 5.02 Å². The lowest BCUT2D eigenvalue weighted by Gasteiger charge is -2.23. The van der Waals surface area contributed by atoms with E-state index in [0.29, 0.717) is 56.7 Å². The van der Waals surface area contributed by atoms with Gasteiger partial charge >= 0.3 is 5.91 Å². The van der Waals surface area contributed by atoms with Crippen molar-refractivity contribution in [1.82, 2.24) is 10.2 Å². The SMILES string of the molecule is C=CCOc1ccc(C2C(=C(O)c3ccc(OCCC)cc3)C(=O)C(=O)N2c2nnc(SCc3ccccc3Cl)s2)cc1OCC. The Kier molecular flexibility index (Phi) is 11.0. The molecule has 5 rings (SSSR count). The minimum Gasteiger partial charge on any atom is -0.507 e. The summed E-state index contributed by atoms with van der Waals surface area (Å²) in [4.78, 5) is 28.7. The minimum atomic E-state index is -1.03. The molecule has 4 aromatic rings. The number of aliphatic hydroxyl groups is 1. The molecule has 1 N–H and O–H groups in total. The largest absolute Gasteiger partial charge is 0.507 e. The van der Waals surface area contributed by atoms with Crippen LogP contribution in [-0.4, -0.2) is 46.8 Å². The van der Waals surface area contributed by atoms with Crippen molar-refractivity contribution in [3.05, 3.63) is 107 Å². The minimum absolute atomic E-state index is 0.0881. The highest BCUT2D eigenvalue weighted by Crippen LogP contribution is 2.46. The number of carbonyl (C=O) groups is 2. The summed E-state index contributed by atoms with van der Waals surface area (Å²) in [6.45, 7) is 8.70. The molecule has 1 fully saturated rings. The van der Waals surface area contributed by atoms with Crippen LogP contribution >= 0.6 is 34.7 Å². The maximum atomic E-state index is 13.7. The number of hydrogen-bond acceptors (Lipinski definition) is 10. The quantitative estimate of drug-likeness (QED) is 0.0356. The van der Waals surface area contributed by atoms with Gasteiger partial charge in [0.1, 0.15) is 18.1 Å². The van der Waals surface area contributed by atoms with E-state index in [4.69, 9.17) is 25.8 Å². The first-order valence-electron chi connectivity index (χ1n) is 14.6. The predicted octanol–water partition coefficient (Wildman–Crippen LogP) is 7.86. The molecule has 1 atom stereocenters. The molecular weight excluding hydrogens is 646 g/mol. The van der Waals surface area contributed by atoms with Crippen LogP contribution in [0.4, 0.5) is 5.13 Å². The Morgan fingerprint density at radius 2 is 1.83 bits per heavy atom. The molecule has 0 aliphatic carbocycles. The molecule has 3 aromatic carbocycles. The fourth-order valence-corrected chi connectivity index (χ4v) is 6.93. The number of ether oxygens (including phenoxy) is 3. The molecule has 1 unspecified atom stereocenters. The number of amides is 1. The molecule has 12 heteroatoms. The fraction of sp³-hybridized carbons (Fsp3) is 0.235. The number of nitrogens with zero attached hydrogens (tertiary/aromatic N) is 3. The van der Waals surface area contributed by atoms with Crippen LogP contribution in [-0.2, 0) is 15.3 Å². The number of thioether (sulfide) groups is 1. The molecule has 46 heavy (non-hydrogen) atoms. The van der Waals surface area contributed by atoms with Gasteiger partial charge in [-0.25, -0.2) is 0 Å². The van der Waals surface area contributed by atoms with Gasteiger partial charge in [-0.1, -0.05) is 78.5 Å². The summed E-state index contributed by atoms with van der Waals surface area (Å²) in [6.07, 6.45) is 2.46. The first-order valence-corrected chi connectivity index (χ1v) is 16.8. The second kappa shape index (κ2) is 15.3. The van der Waals surface area contributed by atoms with Crippen LogP contribution in [0.5, 0.6) is 17.2 Å². The summed E-state index contributed by atoms with van der Waals surface area (Å²) in [5.74, 6) is 0.0475. The lowest BCUT2D eigenvalue weighted by Crippen LogP contribution is -2.29. The van der Waals surface area contributed by atoms with Crippen LogP contribution in [0.1, 0.15) is 43.0 Å². The van der Waals surface area contributed by atoms with Crippen molar-refractivity contribution in [2.45, 2.75) is 36.4 Å². The number of ketones is 1. The molecule has 238 valence electrons. The molecule has 1 aliphatic rings. The first-order chi connectivity index (χ1) is 22.4. The van der Waals surface area contributed by atoms with Gasteiger partial charge in [0.25, 0.3) is 5.78 Å². The van der Waals surface area contributed by atoms with Gasteiger partial charge < -0.3 is 19.3 Å². The highest BCUT2D eigenvalue weighted by molar-refractivity contribution is 8.00. The first kappa shape index (κ1) is 33.1. The van der Waals surface area contributed by atoms with Gasteiger partial charge in [0.15, 0.2) is 15.8 Å². The second-order valence-electron chi connectivity index (χ2n) is 10.0. The topological polar surface area (TPSA) is 111 Å². The van der Waals surface area contributed by atoms with Crippen molar-refractivity contribution in [2.24, 2.45) is 0 Å². The molecular formula is C34H32ClN3O6S2. The van der Waals surface area contributed by atoms with Crippen molar-refractivity contribution < 1.29 is 28.9 Å². The Balaban J connectivity index is 1.57. The summed E-state index contributed by atoms with van der Waals surface area (Å²) >= 11 is 8.91. The third-order valence-electron chi connectivity index (χ3n) is 6.90. The Hall–Kier alpha value is -4.32. The van der Waals surface area contributed by atoms with Crippen LogP contribution < -0.4 is 19.1 Å². The van der Waals surface area contributed by atoms with E-state index in [1.54, 1.807) is 48.5 Å². The monoisotopic (exact) mass is 677 g/mol. The summed E-state index contributed by atoms with van der Waals surface area (Å²) in [7, 11) is 0. The van der Waals surface area contributed by atoms with Crippen LogP contribution in [0, 0.1) is 0 Å². The lowest BCUT2D eigenvalue weighted by atomic mass is 9.95. The maximum Gasteiger partial charge on any atom is 0.301 e. The van der Waals surface area contributed by atoms with Gasteiger partial charge in [-0.2, -0.15) is 0 Å². The van der Waals surface area contributed by atoms with Gasteiger partial charge in [-0.05, 0) is 66.9 Å². The zero-order valence-corrected chi connectivity index (χ0v) is 27.7. The van der Waals surface area contributed by atoms with Gasteiger partial charge in [-0.3, -0.25) is 14.5 Å². The van der Waals surface area contributed by atoms with E-state index >= 15 is 0 Å². The van der Waals surface area contributed by atoms with Crippen molar-refractivity contribution in [3.63, 3.8) is 0 Å². The van der Waals surface area contributed by atoms with Gasteiger partial charge in [0.05, 0.1) is 24.8 Å². The average molecular weight is 678 g/mol. The second-order valence-corrected chi connectivity index (χ2v) is 12.6. The molecule has 9 nitrogen and oxygen atoms in total. The van der Waals surface area contributed by atoms with Crippen LogP contribution in [0.25, 0.3) is 5.76 Å². The smallest absolute Gasteiger partial charge is 0.301 e. The highest BCUT2D eigenvalue weighted by Gasteiger charge is 2.48. The summed E-state index contributed by atoms with van der Waals surface area (Å²) in [5, 5.41) is 21.0. The van der Waals surface area contributed by atoms with Crippen LogP contribution in [0.15, 0.2) is 89.3 Å². The Morgan fingerprint density at radius 1 is 1.04 bits per heavy atom. The predicted molar refractivity (Wildman–Crippen MR) is 181 cm³/mol. The number of aromatic nitrogens is 2. The molecule has 2 heterocycles. The number of benzene rings is 3. The van der Waals surface area contributed by atoms with E-state index in [1.807, 2.05) is 38.1 Å². The standard InChI is InChI=1S/C34H32ClN3O6S2/c1-4-17-43-24-14-11-21(12-15-24)30(39)28-29(22-13-16-26(44-18-5-2)27(19-22)42-6-3)38(32(41)31(28)40)33-36-37-34(46-33)45-20-23-9-7-8-10-25(23)35/h5,7-16,19,29,39H,2,4,6,17-18,20H2,1,3H3. The average Bonchev–Trinajstić information content (AvgIpc) is 3.64. The number of Topliss-reactive ketones (excluding diaryl/α,β-unsaturated/α-hetero) is 1. The molecule has 1 aliphatic heterocycles. The number of hydrogen-bond donors (Lipinski definition) is 1.